The van der Waals surface area contributed by atoms with Gasteiger partial charge in [-0.25, -0.2) is 4.79 Å². The summed E-state index contributed by atoms with van der Waals surface area (Å²) in [6.45, 7) is 7.11. The summed E-state index contributed by atoms with van der Waals surface area (Å²) in [5.41, 5.74) is 5.97. The lowest BCUT2D eigenvalue weighted by atomic mass is 10.1. The first-order chi connectivity index (χ1) is 9.10. The summed E-state index contributed by atoms with van der Waals surface area (Å²) < 4.78 is 6.02. The summed E-state index contributed by atoms with van der Waals surface area (Å²) in [4.78, 5) is 23.9. The van der Waals surface area contributed by atoms with Crippen LogP contribution in [0.3, 0.4) is 0 Å². The lowest BCUT2D eigenvalue weighted by Crippen LogP contribution is -2.46. The molecule has 1 rings (SSSR count). The third-order valence-electron chi connectivity index (χ3n) is 2.39. The SMILES string of the molecule is C[C@H](OC(=O)c1cc(I)ccc1N)C(=O)NC(C)(C)C. The van der Waals surface area contributed by atoms with E-state index >= 15 is 0 Å². The Morgan fingerprint density at radius 3 is 2.50 bits per heavy atom. The minimum atomic E-state index is -0.876. The van der Waals surface area contributed by atoms with Crippen molar-refractivity contribution in [2.45, 2.75) is 39.3 Å². The van der Waals surface area contributed by atoms with E-state index in [4.69, 9.17) is 10.5 Å². The van der Waals surface area contributed by atoms with E-state index in [1.165, 1.54) is 6.92 Å². The zero-order chi connectivity index (χ0) is 15.5. The van der Waals surface area contributed by atoms with Gasteiger partial charge in [-0.05, 0) is 68.5 Å². The molecule has 0 bridgehead atoms. The number of esters is 1. The largest absolute Gasteiger partial charge is 0.449 e. The highest BCUT2D eigenvalue weighted by atomic mass is 127. The molecule has 1 atom stereocenters. The predicted molar refractivity (Wildman–Crippen MR) is 86.3 cm³/mol. The molecule has 0 aliphatic heterocycles. The molecule has 1 aromatic carbocycles. The van der Waals surface area contributed by atoms with Gasteiger partial charge in [0.2, 0.25) is 0 Å². The highest BCUT2D eigenvalue weighted by Crippen LogP contribution is 2.17. The summed E-state index contributed by atoms with van der Waals surface area (Å²) in [5.74, 6) is -0.937. The van der Waals surface area contributed by atoms with Crippen LogP contribution in [0.1, 0.15) is 38.1 Å². The predicted octanol–water partition coefficient (Wildman–Crippen LogP) is 2.33. The average molecular weight is 390 g/mol. The van der Waals surface area contributed by atoms with Gasteiger partial charge in [0.15, 0.2) is 6.10 Å². The van der Waals surface area contributed by atoms with Gasteiger partial charge >= 0.3 is 5.97 Å². The van der Waals surface area contributed by atoms with Crippen LogP contribution in [-0.4, -0.2) is 23.5 Å². The van der Waals surface area contributed by atoms with E-state index in [1.54, 1.807) is 18.2 Å². The number of benzene rings is 1. The number of rotatable bonds is 3. The van der Waals surface area contributed by atoms with Gasteiger partial charge in [-0.2, -0.15) is 0 Å². The summed E-state index contributed by atoms with van der Waals surface area (Å²) in [6, 6.07) is 5.06. The lowest BCUT2D eigenvalue weighted by Gasteiger charge is -2.23. The van der Waals surface area contributed by atoms with Crippen molar-refractivity contribution in [2.24, 2.45) is 0 Å². The molecule has 5 nitrogen and oxygen atoms in total. The Morgan fingerprint density at radius 1 is 1.35 bits per heavy atom. The molecule has 110 valence electrons. The van der Waals surface area contributed by atoms with E-state index in [1.807, 2.05) is 20.8 Å². The maximum Gasteiger partial charge on any atom is 0.341 e. The molecule has 3 N–H and O–H groups in total. The first-order valence-corrected chi connectivity index (χ1v) is 7.26. The molecule has 0 saturated heterocycles. The van der Waals surface area contributed by atoms with E-state index in [9.17, 15) is 9.59 Å². The van der Waals surface area contributed by atoms with Gasteiger partial charge in [-0.3, -0.25) is 4.79 Å². The molecule has 1 amide bonds. The van der Waals surface area contributed by atoms with Gasteiger partial charge in [0.25, 0.3) is 5.91 Å². The van der Waals surface area contributed by atoms with Gasteiger partial charge in [-0.15, -0.1) is 0 Å². The zero-order valence-corrected chi connectivity index (χ0v) is 14.1. The van der Waals surface area contributed by atoms with Crippen LogP contribution in [0.2, 0.25) is 0 Å². The van der Waals surface area contributed by atoms with Crippen molar-refractivity contribution in [3.05, 3.63) is 27.3 Å². The van der Waals surface area contributed by atoms with Crippen molar-refractivity contribution in [2.75, 3.05) is 5.73 Å². The van der Waals surface area contributed by atoms with Crippen LogP contribution in [0.5, 0.6) is 0 Å². The van der Waals surface area contributed by atoms with Crippen LogP contribution in [-0.2, 0) is 9.53 Å². The number of nitrogen functional groups attached to an aromatic ring is 1. The Hall–Kier alpha value is -1.31. The topological polar surface area (TPSA) is 81.4 Å². The summed E-state index contributed by atoms with van der Waals surface area (Å²) >= 11 is 2.08. The maximum absolute atomic E-state index is 12.0. The second kappa shape index (κ2) is 6.43. The van der Waals surface area contributed by atoms with Crippen molar-refractivity contribution in [1.82, 2.24) is 5.32 Å². The highest BCUT2D eigenvalue weighted by molar-refractivity contribution is 14.1. The zero-order valence-electron chi connectivity index (χ0n) is 12.0. The molecule has 0 aliphatic rings. The van der Waals surface area contributed by atoms with Crippen molar-refractivity contribution in [3.63, 3.8) is 0 Å². The van der Waals surface area contributed by atoms with Crippen molar-refractivity contribution in [3.8, 4) is 0 Å². The third-order valence-corrected chi connectivity index (χ3v) is 3.06. The van der Waals surface area contributed by atoms with Crippen molar-refractivity contribution in [1.29, 1.82) is 0 Å². The number of amides is 1. The number of nitrogens with two attached hydrogens (primary N) is 1. The quantitative estimate of drug-likeness (QED) is 0.472. The Morgan fingerprint density at radius 2 is 1.95 bits per heavy atom. The number of nitrogens with one attached hydrogen (secondary N) is 1. The van der Waals surface area contributed by atoms with E-state index in [0.717, 1.165) is 3.57 Å². The van der Waals surface area contributed by atoms with Crippen LogP contribution in [0.15, 0.2) is 18.2 Å². The molecule has 0 saturated carbocycles. The minimum absolute atomic E-state index is 0.271. The molecular weight excluding hydrogens is 371 g/mol. The van der Waals surface area contributed by atoms with Crippen LogP contribution >= 0.6 is 22.6 Å². The fourth-order valence-corrected chi connectivity index (χ4v) is 1.95. The van der Waals surface area contributed by atoms with Crippen molar-refractivity contribution < 1.29 is 14.3 Å². The van der Waals surface area contributed by atoms with Crippen LogP contribution < -0.4 is 11.1 Å². The van der Waals surface area contributed by atoms with Crippen molar-refractivity contribution >= 4 is 40.2 Å². The van der Waals surface area contributed by atoms with Crippen LogP contribution in [0.4, 0.5) is 5.69 Å². The number of hydrogen-bond acceptors (Lipinski definition) is 4. The average Bonchev–Trinajstić information content (AvgIpc) is 2.29. The van der Waals surface area contributed by atoms with Crippen LogP contribution in [0, 0.1) is 3.57 Å². The fraction of sp³-hybridized carbons (Fsp3) is 0.429. The molecule has 20 heavy (non-hydrogen) atoms. The third kappa shape index (κ3) is 4.99. The Kier molecular flexibility index (Phi) is 5.38. The van der Waals surface area contributed by atoms with Gasteiger partial charge in [0.1, 0.15) is 0 Å². The number of hydrogen-bond donors (Lipinski definition) is 2. The summed E-state index contributed by atoms with van der Waals surface area (Å²) in [6.07, 6.45) is -0.876. The molecule has 0 aliphatic carbocycles. The maximum atomic E-state index is 12.0. The minimum Gasteiger partial charge on any atom is -0.449 e. The number of ether oxygens (including phenoxy) is 1. The second-order valence-electron chi connectivity index (χ2n) is 5.52. The smallest absolute Gasteiger partial charge is 0.341 e. The van der Waals surface area contributed by atoms with Crippen LogP contribution in [0.25, 0.3) is 0 Å². The molecule has 0 unspecified atom stereocenters. The molecule has 1 aromatic rings. The number of carbonyl (C=O) groups excluding carboxylic acids is 2. The number of carbonyl (C=O) groups is 2. The molecule has 0 spiro atoms. The van der Waals surface area contributed by atoms with E-state index in [2.05, 4.69) is 27.9 Å². The van der Waals surface area contributed by atoms with Gasteiger partial charge < -0.3 is 15.8 Å². The normalized spacial score (nSPS) is 12.7. The first-order valence-electron chi connectivity index (χ1n) is 6.18. The highest BCUT2D eigenvalue weighted by Gasteiger charge is 2.23. The Bertz CT molecular complexity index is 524. The summed E-state index contributed by atoms with van der Waals surface area (Å²) in [7, 11) is 0. The first kappa shape index (κ1) is 16.7. The fourth-order valence-electron chi connectivity index (χ4n) is 1.45. The monoisotopic (exact) mass is 390 g/mol. The molecule has 0 radical (unpaired) electrons. The number of anilines is 1. The Balaban J connectivity index is 2.75. The molecule has 0 aromatic heterocycles. The standard InChI is InChI=1S/C14H19IN2O3/c1-8(12(18)17-14(2,3)4)20-13(19)10-7-9(15)5-6-11(10)16/h5-8H,16H2,1-4H3,(H,17,18)/t8-/m0/s1. The van der Waals surface area contributed by atoms with Gasteiger partial charge in [0.05, 0.1) is 5.56 Å². The summed E-state index contributed by atoms with van der Waals surface area (Å²) in [5, 5.41) is 2.75. The Labute approximate surface area is 132 Å². The van der Waals surface area contributed by atoms with Gasteiger partial charge in [0, 0.05) is 14.8 Å². The molecular formula is C14H19IN2O3. The molecule has 0 heterocycles. The van der Waals surface area contributed by atoms with E-state index in [-0.39, 0.29) is 17.0 Å². The van der Waals surface area contributed by atoms with E-state index in [0.29, 0.717) is 5.69 Å². The number of halogens is 1. The lowest BCUT2D eigenvalue weighted by molar-refractivity contribution is -0.130. The van der Waals surface area contributed by atoms with Gasteiger partial charge in [-0.1, -0.05) is 0 Å². The molecule has 0 fully saturated rings. The van der Waals surface area contributed by atoms with E-state index < -0.39 is 12.1 Å². The second-order valence-corrected chi connectivity index (χ2v) is 6.76. The molecule has 6 heteroatoms.